The number of carbonyl (C=O) groups is 2. The number of amides is 2. The van der Waals surface area contributed by atoms with Crippen LogP contribution in [0.1, 0.15) is 56.9 Å². The molecule has 3 unspecified atom stereocenters. The number of rotatable bonds is 7. The quantitative estimate of drug-likeness (QED) is 0.514. The Kier molecular flexibility index (Phi) is 7.32. The molecule has 1 N–H and O–H groups in total. The zero-order valence-corrected chi connectivity index (χ0v) is 20.3. The highest BCUT2D eigenvalue weighted by atomic mass is 35.5. The van der Waals surface area contributed by atoms with Gasteiger partial charge in [-0.1, -0.05) is 54.9 Å². The predicted molar refractivity (Wildman–Crippen MR) is 130 cm³/mol. The van der Waals surface area contributed by atoms with E-state index in [0.29, 0.717) is 23.7 Å². The van der Waals surface area contributed by atoms with Crippen molar-refractivity contribution in [2.24, 2.45) is 5.92 Å². The normalized spacial score (nSPS) is 17.6. The van der Waals surface area contributed by atoms with Crippen LogP contribution in [0.5, 0.6) is 0 Å². The van der Waals surface area contributed by atoms with Gasteiger partial charge in [0.25, 0.3) is 0 Å². The fourth-order valence-corrected chi connectivity index (χ4v) is 4.79. The van der Waals surface area contributed by atoms with E-state index in [-0.39, 0.29) is 23.8 Å². The Morgan fingerprint density at radius 1 is 1.12 bits per heavy atom. The largest absolute Gasteiger partial charge is 0.361 e. The Labute approximate surface area is 204 Å². The van der Waals surface area contributed by atoms with Gasteiger partial charge < -0.3 is 14.7 Å². The monoisotopic (exact) mass is 480 g/mol. The predicted octanol–water partition coefficient (Wildman–Crippen LogP) is 5.00. The molecule has 2 aromatic heterocycles. The smallest absolute Gasteiger partial charge is 0.243 e. The van der Waals surface area contributed by atoms with E-state index in [1.807, 2.05) is 51.1 Å². The minimum absolute atomic E-state index is 0.0242. The third kappa shape index (κ3) is 4.99. The molecule has 0 saturated carbocycles. The van der Waals surface area contributed by atoms with Gasteiger partial charge in [0.15, 0.2) is 0 Å². The summed E-state index contributed by atoms with van der Waals surface area (Å²) in [6.45, 7) is 6.45. The van der Waals surface area contributed by atoms with Gasteiger partial charge in [0.2, 0.25) is 11.8 Å². The molecule has 7 nitrogen and oxygen atoms in total. The van der Waals surface area contributed by atoms with Gasteiger partial charge in [0.05, 0.1) is 17.3 Å². The van der Waals surface area contributed by atoms with Gasteiger partial charge in [0, 0.05) is 30.6 Å². The Hall–Kier alpha value is -3.19. The molecule has 1 aliphatic heterocycles. The van der Waals surface area contributed by atoms with Crippen molar-refractivity contribution in [1.29, 1.82) is 0 Å². The summed E-state index contributed by atoms with van der Waals surface area (Å²) in [6, 6.07) is 10.8. The summed E-state index contributed by atoms with van der Waals surface area (Å²) in [6.07, 6.45) is 6.31. The number of carbonyl (C=O) groups excluding carboxylic acids is 2. The molecule has 8 heteroatoms. The zero-order chi connectivity index (χ0) is 24.2. The van der Waals surface area contributed by atoms with Crippen molar-refractivity contribution in [2.75, 3.05) is 6.54 Å². The first-order chi connectivity index (χ1) is 16.4. The molecule has 34 heavy (non-hydrogen) atoms. The number of nitrogens with one attached hydrogen (secondary N) is 1. The van der Waals surface area contributed by atoms with E-state index < -0.39 is 12.0 Å². The number of benzene rings is 1. The molecule has 3 aromatic rings. The van der Waals surface area contributed by atoms with Crippen molar-refractivity contribution < 1.29 is 14.1 Å². The molecule has 0 aliphatic carbocycles. The van der Waals surface area contributed by atoms with E-state index in [0.717, 1.165) is 23.1 Å². The van der Waals surface area contributed by atoms with Crippen molar-refractivity contribution in [3.8, 4) is 11.1 Å². The summed E-state index contributed by atoms with van der Waals surface area (Å²) in [7, 11) is 0. The van der Waals surface area contributed by atoms with Gasteiger partial charge >= 0.3 is 0 Å². The van der Waals surface area contributed by atoms with Crippen LogP contribution in [0.15, 0.2) is 59.5 Å². The Bertz CT molecular complexity index is 1130. The number of nitrogens with zero attached hydrogens (tertiary/aromatic N) is 3. The fourth-order valence-electron chi connectivity index (χ4n) is 4.56. The topological polar surface area (TPSA) is 88.3 Å². The van der Waals surface area contributed by atoms with Crippen LogP contribution in [-0.2, 0) is 9.59 Å². The lowest BCUT2D eigenvalue weighted by Crippen LogP contribution is -2.48. The Balaban J connectivity index is 1.44. The SMILES string of the molecule is CC(NC(=O)C1CCCN1C(=O)C(c1ccno1)C(C)C)c1ccc(-c2ccncc2Cl)cc1. The van der Waals surface area contributed by atoms with Gasteiger partial charge in [-0.2, -0.15) is 0 Å². The molecular formula is C26H29ClN4O3. The van der Waals surface area contributed by atoms with Crippen LogP contribution in [0.25, 0.3) is 11.1 Å². The number of aromatic nitrogens is 2. The first-order valence-corrected chi connectivity index (χ1v) is 12.0. The maximum atomic E-state index is 13.4. The second-order valence-electron chi connectivity index (χ2n) is 9.03. The van der Waals surface area contributed by atoms with E-state index in [1.54, 1.807) is 29.6 Å². The summed E-state index contributed by atoms with van der Waals surface area (Å²) in [5, 5.41) is 7.44. The molecule has 2 amide bonds. The number of pyridine rings is 1. The lowest BCUT2D eigenvalue weighted by atomic mass is 9.91. The van der Waals surface area contributed by atoms with Gasteiger partial charge in [-0.15, -0.1) is 0 Å². The van der Waals surface area contributed by atoms with Crippen molar-refractivity contribution in [3.05, 3.63) is 71.3 Å². The molecule has 0 bridgehead atoms. The van der Waals surface area contributed by atoms with Crippen molar-refractivity contribution in [1.82, 2.24) is 20.4 Å². The third-order valence-electron chi connectivity index (χ3n) is 6.39. The molecule has 0 radical (unpaired) electrons. The van der Waals surface area contributed by atoms with Gasteiger partial charge in [0.1, 0.15) is 17.7 Å². The highest BCUT2D eigenvalue weighted by Gasteiger charge is 2.40. The first-order valence-electron chi connectivity index (χ1n) is 11.6. The van der Waals surface area contributed by atoms with Crippen molar-refractivity contribution >= 4 is 23.4 Å². The van der Waals surface area contributed by atoms with Crippen LogP contribution in [0.2, 0.25) is 5.02 Å². The summed E-state index contributed by atoms with van der Waals surface area (Å²) in [4.78, 5) is 32.3. The molecule has 1 aromatic carbocycles. The van der Waals surface area contributed by atoms with Crippen LogP contribution in [0, 0.1) is 5.92 Å². The maximum absolute atomic E-state index is 13.4. The molecule has 0 spiro atoms. The molecule has 178 valence electrons. The number of likely N-dealkylation sites (tertiary alicyclic amines) is 1. The highest BCUT2D eigenvalue weighted by molar-refractivity contribution is 6.33. The minimum atomic E-state index is -0.492. The van der Waals surface area contributed by atoms with Gasteiger partial charge in [-0.25, -0.2) is 0 Å². The standard InChI is InChI=1S/C26H29ClN4O3/c1-16(2)24(23-11-13-29-34-23)26(33)31-14-4-5-22(31)25(32)30-17(3)18-6-8-19(9-7-18)20-10-12-28-15-21(20)27/h6-13,15-17,22,24H,4-5,14H2,1-3H3,(H,30,32). The molecular weight excluding hydrogens is 452 g/mol. The minimum Gasteiger partial charge on any atom is -0.361 e. The van der Waals surface area contributed by atoms with Crippen LogP contribution in [0.4, 0.5) is 0 Å². The van der Waals surface area contributed by atoms with Crippen molar-refractivity contribution in [3.63, 3.8) is 0 Å². The maximum Gasteiger partial charge on any atom is 0.243 e. The summed E-state index contributed by atoms with van der Waals surface area (Å²) >= 11 is 6.26. The van der Waals surface area contributed by atoms with E-state index >= 15 is 0 Å². The summed E-state index contributed by atoms with van der Waals surface area (Å²) in [5.74, 6) is -0.124. The molecule has 3 heterocycles. The van der Waals surface area contributed by atoms with Crippen LogP contribution in [-0.4, -0.2) is 39.4 Å². The van der Waals surface area contributed by atoms with E-state index in [2.05, 4.69) is 15.5 Å². The molecule has 1 aliphatic rings. The van der Waals surface area contributed by atoms with Crippen LogP contribution in [0.3, 0.4) is 0 Å². The lowest BCUT2D eigenvalue weighted by Gasteiger charge is -2.29. The number of hydrogen-bond acceptors (Lipinski definition) is 5. The highest BCUT2D eigenvalue weighted by Crippen LogP contribution is 2.31. The number of hydrogen-bond donors (Lipinski definition) is 1. The van der Waals surface area contributed by atoms with Crippen LogP contribution >= 0.6 is 11.6 Å². The average molecular weight is 481 g/mol. The van der Waals surface area contributed by atoms with Gasteiger partial charge in [-0.05, 0) is 42.9 Å². The third-order valence-corrected chi connectivity index (χ3v) is 6.69. The van der Waals surface area contributed by atoms with E-state index in [1.165, 1.54) is 0 Å². The summed E-state index contributed by atoms with van der Waals surface area (Å²) in [5.41, 5.74) is 2.86. The number of halogens is 1. The second-order valence-corrected chi connectivity index (χ2v) is 9.44. The molecule has 4 rings (SSSR count). The molecule has 1 saturated heterocycles. The molecule has 3 atom stereocenters. The van der Waals surface area contributed by atoms with E-state index in [4.69, 9.17) is 16.1 Å². The van der Waals surface area contributed by atoms with Crippen LogP contribution < -0.4 is 5.32 Å². The van der Waals surface area contributed by atoms with Crippen molar-refractivity contribution in [2.45, 2.75) is 51.6 Å². The zero-order valence-electron chi connectivity index (χ0n) is 19.6. The molecule has 1 fully saturated rings. The first kappa shape index (κ1) is 24.0. The second kappa shape index (κ2) is 10.4. The Morgan fingerprint density at radius 3 is 2.53 bits per heavy atom. The van der Waals surface area contributed by atoms with Gasteiger partial charge in [-0.3, -0.25) is 14.6 Å². The lowest BCUT2D eigenvalue weighted by molar-refractivity contribution is -0.141. The Morgan fingerprint density at radius 2 is 1.88 bits per heavy atom. The fraction of sp³-hybridized carbons (Fsp3) is 0.385. The average Bonchev–Trinajstić information content (AvgIpc) is 3.52. The summed E-state index contributed by atoms with van der Waals surface area (Å²) < 4.78 is 5.29. The van der Waals surface area contributed by atoms with E-state index in [9.17, 15) is 9.59 Å².